The van der Waals surface area contributed by atoms with Crippen molar-refractivity contribution in [2.75, 3.05) is 30.4 Å². The summed E-state index contributed by atoms with van der Waals surface area (Å²) in [6, 6.07) is 0.640. The molecule has 2 aliphatic rings. The third kappa shape index (κ3) is 2.78. The normalized spacial score (nSPS) is 24.8. The Bertz CT molecular complexity index is 479. The van der Waals surface area contributed by atoms with E-state index in [2.05, 4.69) is 27.1 Å². The van der Waals surface area contributed by atoms with Gasteiger partial charge in [0, 0.05) is 19.1 Å². The first-order valence-electron chi connectivity index (χ1n) is 8.24. The van der Waals surface area contributed by atoms with E-state index in [4.69, 9.17) is 4.74 Å². The molecule has 1 aliphatic heterocycles. The lowest BCUT2D eigenvalue weighted by Gasteiger charge is -2.39. The molecule has 0 radical (unpaired) electrons. The fourth-order valence-electron chi connectivity index (χ4n) is 3.84. The Labute approximate surface area is 127 Å². The molecule has 2 heterocycles. The summed E-state index contributed by atoms with van der Waals surface area (Å²) in [6.45, 7) is 4.13. The highest BCUT2D eigenvalue weighted by Crippen LogP contribution is 2.42. The molecule has 0 spiro atoms. The van der Waals surface area contributed by atoms with Gasteiger partial charge in [-0.1, -0.05) is 13.3 Å². The quantitative estimate of drug-likeness (QED) is 0.903. The summed E-state index contributed by atoms with van der Waals surface area (Å²) < 4.78 is 5.65. The fourth-order valence-corrected chi connectivity index (χ4v) is 3.84. The smallest absolute Gasteiger partial charge is 0.204 e. The van der Waals surface area contributed by atoms with E-state index in [0.29, 0.717) is 6.04 Å². The van der Waals surface area contributed by atoms with Crippen molar-refractivity contribution in [1.29, 1.82) is 0 Å². The zero-order chi connectivity index (χ0) is 14.7. The molecule has 1 N–H and O–H groups in total. The predicted molar refractivity (Wildman–Crippen MR) is 85.1 cm³/mol. The summed E-state index contributed by atoms with van der Waals surface area (Å²) in [7, 11) is 1.72. The van der Waals surface area contributed by atoms with Gasteiger partial charge in [0.1, 0.15) is 6.33 Å². The van der Waals surface area contributed by atoms with Crippen molar-refractivity contribution in [1.82, 2.24) is 9.97 Å². The van der Waals surface area contributed by atoms with E-state index in [1.165, 1.54) is 32.1 Å². The van der Waals surface area contributed by atoms with Gasteiger partial charge in [-0.3, -0.25) is 0 Å². The Morgan fingerprint density at radius 2 is 2.14 bits per heavy atom. The molecule has 2 fully saturated rings. The average molecular weight is 290 g/mol. The van der Waals surface area contributed by atoms with Gasteiger partial charge in [-0.2, -0.15) is 0 Å². The molecule has 1 saturated carbocycles. The molecule has 0 aromatic carbocycles. The van der Waals surface area contributed by atoms with E-state index in [1.54, 1.807) is 13.4 Å². The SMILES string of the molecule is CCCNc1ncnc(N2CCCC3CCCC32)c1OC. The summed E-state index contributed by atoms with van der Waals surface area (Å²) in [5.41, 5.74) is 0. The lowest BCUT2D eigenvalue weighted by Crippen LogP contribution is -2.43. The molecule has 5 heteroatoms. The summed E-state index contributed by atoms with van der Waals surface area (Å²) in [5, 5.41) is 3.35. The van der Waals surface area contributed by atoms with Crippen LogP contribution in [-0.2, 0) is 0 Å². The second-order valence-corrected chi connectivity index (χ2v) is 6.10. The molecule has 1 aliphatic carbocycles. The zero-order valence-electron chi connectivity index (χ0n) is 13.1. The van der Waals surface area contributed by atoms with E-state index in [1.807, 2.05) is 0 Å². The van der Waals surface area contributed by atoms with Crippen LogP contribution in [0.1, 0.15) is 45.4 Å². The van der Waals surface area contributed by atoms with Crippen molar-refractivity contribution in [3.05, 3.63) is 6.33 Å². The summed E-state index contributed by atoms with van der Waals surface area (Å²) in [6.07, 6.45) is 9.36. The Hall–Kier alpha value is -1.52. The third-order valence-corrected chi connectivity index (χ3v) is 4.80. The zero-order valence-corrected chi connectivity index (χ0v) is 13.1. The van der Waals surface area contributed by atoms with Crippen LogP contribution in [0.25, 0.3) is 0 Å². The van der Waals surface area contributed by atoms with Crippen molar-refractivity contribution >= 4 is 11.6 Å². The van der Waals surface area contributed by atoms with Crippen molar-refractivity contribution in [2.24, 2.45) is 5.92 Å². The van der Waals surface area contributed by atoms with Gasteiger partial charge < -0.3 is 15.0 Å². The Morgan fingerprint density at radius 1 is 1.29 bits per heavy atom. The van der Waals surface area contributed by atoms with E-state index in [9.17, 15) is 0 Å². The molecule has 2 atom stereocenters. The van der Waals surface area contributed by atoms with Crippen LogP contribution >= 0.6 is 0 Å². The number of fused-ring (bicyclic) bond motifs is 1. The topological polar surface area (TPSA) is 50.3 Å². The number of rotatable bonds is 5. The summed E-state index contributed by atoms with van der Waals surface area (Å²) in [5.74, 6) is 3.44. The van der Waals surface area contributed by atoms with Crippen LogP contribution in [0.2, 0.25) is 0 Å². The maximum atomic E-state index is 5.65. The highest BCUT2D eigenvalue weighted by molar-refractivity contribution is 5.65. The Kier molecular flexibility index (Phi) is 4.46. The summed E-state index contributed by atoms with van der Waals surface area (Å²) >= 11 is 0. The number of ether oxygens (including phenoxy) is 1. The molecule has 5 nitrogen and oxygen atoms in total. The minimum absolute atomic E-state index is 0.640. The van der Waals surface area contributed by atoms with Crippen LogP contribution in [0.4, 0.5) is 11.6 Å². The van der Waals surface area contributed by atoms with Gasteiger partial charge in [-0.15, -0.1) is 0 Å². The number of nitrogens with zero attached hydrogens (tertiary/aromatic N) is 3. The highest BCUT2D eigenvalue weighted by atomic mass is 16.5. The van der Waals surface area contributed by atoms with Crippen LogP contribution < -0.4 is 15.0 Å². The molecule has 1 aromatic heterocycles. The molecule has 1 saturated heterocycles. The van der Waals surface area contributed by atoms with Gasteiger partial charge in [-0.25, -0.2) is 9.97 Å². The standard InChI is InChI=1S/C16H26N4O/c1-3-9-17-15-14(21-2)16(19-11-18-15)20-10-5-7-12-6-4-8-13(12)20/h11-13H,3-10H2,1-2H3,(H,17,18,19). The van der Waals surface area contributed by atoms with E-state index in [-0.39, 0.29) is 0 Å². The first-order chi connectivity index (χ1) is 10.3. The van der Waals surface area contributed by atoms with Crippen LogP contribution in [0.15, 0.2) is 6.33 Å². The largest absolute Gasteiger partial charge is 0.490 e. The second-order valence-electron chi connectivity index (χ2n) is 6.10. The van der Waals surface area contributed by atoms with Crippen molar-refractivity contribution in [3.8, 4) is 5.75 Å². The van der Waals surface area contributed by atoms with Crippen molar-refractivity contribution in [3.63, 3.8) is 0 Å². The van der Waals surface area contributed by atoms with Crippen molar-refractivity contribution in [2.45, 2.75) is 51.5 Å². The van der Waals surface area contributed by atoms with Crippen LogP contribution in [0.5, 0.6) is 5.75 Å². The summed E-state index contributed by atoms with van der Waals surface area (Å²) in [4.78, 5) is 11.4. The predicted octanol–water partition coefficient (Wildman–Crippen LogP) is 3.08. The van der Waals surface area contributed by atoms with Crippen LogP contribution in [0, 0.1) is 5.92 Å². The third-order valence-electron chi connectivity index (χ3n) is 4.80. The first-order valence-corrected chi connectivity index (χ1v) is 8.24. The molecule has 2 unspecified atom stereocenters. The van der Waals surface area contributed by atoms with Gasteiger partial charge in [0.15, 0.2) is 11.6 Å². The number of hydrogen-bond acceptors (Lipinski definition) is 5. The molecular formula is C16H26N4O. The lowest BCUT2D eigenvalue weighted by atomic mass is 9.92. The number of hydrogen-bond donors (Lipinski definition) is 1. The molecule has 0 bridgehead atoms. The van der Waals surface area contributed by atoms with Gasteiger partial charge in [-0.05, 0) is 38.0 Å². The monoisotopic (exact) mass is 290 g/mol. The van der Waals surface area contributed by atoms with E-state index in [0.717, 1.165) is 42.8 Å². The number of piperidine rings is 1. The first kappa shape index (κ1) is 14.4. The van der Waals surface area contributed by atoms with Crippen LogP contribution in [0.3, 0.4) is 0 Å². The van der Waals surface area contributed by atoms with Crippen molar-refractivity contribution < 1.29 is 4.74 Å². The molecule has 0 amide bonds. The number of anilines is 2. The molecule has 116 valence electrons. The van der Waals surface area contributed by atoms with E-state index < -0.39 is 0 Å². The molecular weight excluding hydrogens is 264 g/mol. The number of methoxy groups -OCH3 is 1. The van der Waals surface area contributed by atoms with Gasteiger partial charge >= 0.3 is 0 Å². The minimum Gasteiger partial charge on any atom is -0.490 e. The minimum atomic E-state index is 0.640. The van der Waals surface area contributed by atoms with Gasteiger partial charge in [0.2, 0.25) is 5.75 Å². The molecule has 21 heavy (non-hydrogen) atoms. The Morgan fingerprint density at radius 3 is 2.95 bits per heavy atom. The van der Waals surface area contributed by atoms with Gasteiger partial charge in [0.05, 0.1) is 7.11 Å². The number of nitrogens with one attached hydrogen (secondary N) is 1. The highest BCUT2D eigenvalue weighted by Gasteiger charge is 2.37. The maximum Gasteiger partial charge on any atom is 0.204 e. The number of aromatic nitrogens is 2. The van der Waals surface area contributed by atoms with E-state index >= 15 is 0 Å². The lowest BCUT2D eigenvalue weighted by molar-refractivity contribution is 0.352. The second kappa shape index (κ2) is 6.50. The average Bonchev–Trinajstić information content (AvgIpc) is 3.01. The van der Waals surface area contributed by atoms with Crippen LogP contribution in [-0.4, -0.2) is 36.2 Å². The molecule has 1 aromatic rings. The fraction of sp³-hybridized carbons (Fsp3) is 0.750. The van der Waals surface area contributed by atoms with Gasteiger partial charge in [0.25, 0.3) is 0 Å². The maximum absolute atomic E-state index is 5.65. The molecule has 3 rings (SSSR count). The Balaban J connectivity index is 1.89.